The molecule has 3 aromatic rings. The molecule has 1 aliphatic rings. The highest BCUT2D eigenvalue weighted by atomic mass is 16.5. The van der Waals surface area contributed by atoms with Gasteiger partial charge in [0.2, 0.25) is 5.91 Å². The molecule has 0 bridgehead atoms. The zero-order valence-electron chi connectivity index (χ0n) is 17.3. The van der Waals surface area contributed by atoms with E-state index < -0.39 is 0 Å². The number of aryl methyl sites for hydroxylation is 1. The smallest absolute Gasteiger partial charge is 0.224 e. The molecule has 152 valence electrons. The van der Waals surface area contributed by atoms with Gasteiger partial charge in [0.1, 0.15) is 11.6 Å². The van der Waals surface area contributed by atoms with Crippen LogP contribution in [0.25, 0.3) is 11.0 Å². The molecule has 0 saturated carbocycles. The molecular weight excluding hydrogens is 362 g/mol. The van der Waals surface area contributed by atoms with Crippen molar-refractivity contribution in [3.8, 4) is 5.75 Å². The van der Waals surface area contributed by atoms with Crippen LogP contribution in [-0.4, -0.2) is 28.6 Å². The number of carbonyl (C=O) groups excluding carboxylic acids is 1. The highest BCUT2D eigenvalue weighted by Gasteiger charge is 2.14. The van der Waals surface area contributed by atoms with E-state index in [-0.39, 0.29) is 5.91 Å². The van der Waals surface area contributed by atoms with Gasteiger partial charge in [0.05, 0.1) is 24.1 Å². The molecule has 1 amide bonds. The first-order valence-electron chi connectivity index (χ1n) is 10.6. The largest absolute Gasteiger partial charge is 0.493 e. The van der Waals surface area contributed by atoms with Crippen LogP contribution < -0.4 is 10.1 Å². The number of benzene rings is 2. The molecule has 5 nitrogen and oxygen atoms in total. The molecule has 1 aromatic heterocycles. The molecule has 2 heterocycles. The van der Waals surface area contributed by atoms with Crippen molar-refractivity contribution in [2.45, 2.75) is 46.1 Å². The summed E-state index contributed by atoms with van der Waals surface area (Å²) in [4.78, 5) is 17.1. The minimum absolute atomic E-state index is 0.0543. The van der Waals surface area contributed by atoms with Crippen molar-refractivity contribution in [3.63, 3.8) is 0 Å². The molecule has 2 aromatic carbocycles. The average molecular weight is 392 g/mol. The van der Waals surface area contributed by atoms with E-state index in [1.807, 2.05) is 18.2 Å². The van der Waals surface area contributed by atoms with E-state index in [2.05, 4.69) is 48.0 Å². The molecule has 0 aliphatic carbocycles. The summed E-state index contributed by atoms with van der Waals surface area (Å²) in [5, 5.41) is 3.05. The Hall–Kier alpha value is -2.82. The molecule has 1 N–H and O–H groups in total. The molecular formula is C24H29N3O2. The van der Waals surface area contributed by atoms with E-state index in [1.165, 1.54) is 11.1 Å². The number of nitrogens with one attached hydrogen (secondary N) is 1. The van der Waals surface area contributed by atoms with E-state index in [0.717, 1.165) is 55.1 Å². The van der Waals surface area contributed by atoms with Crippen LogP contribution in [0.15, 0.2) is 42.5 Å². The topological polar surface area (TPSA) is 56.2 Å². The van der Waals surface area contributed by atoms with Crippen LogP contribution in [0, 0.1) is 5.92 Å². The Balaban J connectivity index is 1.30. The number of amides is 1. The van der Waals surface area contributed by atoms with Gasteiger partial charge in [-0.1, -0.05) is 38.1 Å². The van der Waals surface area contributed by atoms with Gasteiger partial charge in [0.25, 0.3) is 0 Å². The van der Waals surface area contributed by atoms with Crippen LogP contribution >= 0.6 is 0 Å². The lowest BCUT2D eigenvalue weighted by Crippen LogP contribution is -2.26. The van der Waals surface area contributed by atoms with Crippen LogP contribution in [-0.2, 0) is 30.6 Å². The minimum Gasteiger partial charge on any atom is -0.493 e. The molecule has 29 heavy (non-hydrogen) atoms. The van der Waals surface area contributed by atoms with Crippen molar-refractivity contribution in [2.24, 2.45) is 5.92 Å². The zero-order chi connectivity index (χ0) is 20.2. The number of fused-ring (bicyclic) bond motifs is 2. The second-order valence-electron chi connectivity index (χ2n) is 8.19. The van der Waals surface area contributed by atoms with Crippen molar-refractivity contribution in [1.29, 1.82) is 0 Å². The number of rotatable bonds is 8. The third-order valence-corrected chi connectivity index (χ3v) is 5.31. The summed E-state index contributed by atoms with van der Waals surface area (Å²) in [6.45, 7) is 6.81. The quantitative estimate of drug-likeness (QED) is 0.592. The Morgan fingerprint density at radius 3 is 2.97 bits per heavy atom. The van der Waals surface area contributed by atoms with E-state index in [0.29, 0.717) is 18.9 Å². The maximum absolute atomic E-state index is 12.3. The van der Waals surface area contributed by atoms with Gasteiger partial charge in [-0.3, -0.25) is 4.79 Å². The standard InChI is InChI=1S/C24H29N3O2/c1-17(2)16-27-21-7-4-3-6-20(21)26-23(27)8-5-12-25-24(28)15-18-9-10-19-11-13-29-22(19)14-18/h3-4,6-7,9-10,14,17H,5,8,11-13,15-16H2,1-2H3,(H,25,28). The number of hydrogen-bond donors (Lipinski definition) is 1. The number of nitrogens with zero attached hydrogens (tertiary/aromatic N) is 2. The van der Waals surface area contributed by atoms with Gasteiger partial charge < -0.3 is 14.6 Å². The van der Waals surface area contributed by atoms with E-state index >= 15 is 0 Å². The fourth-order valence-electron chi connectivity index (χ4n) is 3.93. The van der Waals surface area contributed by atoms with Crippen LogP contribution in [0.2, 0.25) is 0 Å². The second kappa shape index (κ2) is 8.68. The first kappa shape index (κ1) is 19.5. The van der Waals surface area contributed by atoms with Crippen LogP contribution in [0.3, 0.4) is 0 Å². The first-order chi connectivity index (χ1) is 14.1. The average Bonchev–Trinajstić information content (AvgIpc) is 3.29. The minimum atomic E-state index is 0.0543. The van der Waals surface area contributed by atoms with Gasteiger partial charge in [0.15, 0.2) is 0 Å². The summed E-state index contributed by atoms with van der Waals surface area (Å²) >= 11 is 0. The summed E-state index contributed by atoms with van der Waals surface area (Å²) in [5.74, 6) is 2.64. The molecule has 0 radical (unpaired) electrons. The third-order valence-electron chi connectivity index (χ3n) is 5.31. The van der Waals surface area contributed by atoms with Crippen LogP contribution in [0.1, 0.15) is 37.2 Å². The Bertz CT molecular complexity index is 1010. The summed E-state index contributed by atoms with van der Waals surface area (Å²) in [6, 6.07) is 14.4. The summed E-state index contributed by atoms with van der Waals surface area (Å²) in [5.41, 5.74) is 4.48. The van der Waals surface area contributed by atoms with Crippen molar-refractivity contribution in [1.82, 2.24) is 14.9 Å². The number of carbonyl (C=O) groups is 1. The third kappa shape index (κ3) is 4.61. The van der Waals surface area contributed by atoms with Gasteiger partial charge in [-0.2, -0.15) is 0 Å². The number of imidazole rings is 1. The summed E-state index contributed by atoms with van der Waals surface area (Å²) in [7, 11) is 0. The summed E-state index contributed by atoms with van der Waals surface area (Å²) in [6.07, 6.45) is 3.08. The van der Waals surface area contributed by atoms with Crippen molar-refractivity contribution in [3.05, 3.63) is 59.4 Å². The van der Waals surface area contributed by atoms with Gasteiger partial charge in [-0.15, -0.1) is 0 Å². The fraction of sp³-hybridized carbons (Fsp3) is 0.417. The number of hydrogen-bond acceptors (Lipinski definition) is 3. The second-order valence-corrected chi connectivity index (χ2v) is 8.19. The lowest BCUT2D eigenvalue weighted by Gasteiger charge is -2.12. The molecule has 0 saturated heterocycles. The highest BCUT2D eigenvalue weighted by Crippen LogP contribution is 2.26. The zero-order valence-corrected chi connectivity index (χ0v) is 17.3. The van der Waals surface area contributed by atoms with Crippen LogP contribution in [0.4, 0.5) is 0 Å². The predicted molar refractivity (Wildman–Crippen MR) is 115 cm³/mol. The molecule has 5 heteroatoms. The molecule has 0 unspecified atom stereocenters. The molecule has 0 fully saturated rings. The molecule has 0 atom stereocenters. The lowest BCUT2D eigenvalue weighted by atomic mass is 10.1. The lowest BCUT2D eigenvalue weighted by molar-refractivity contribution is -0.120. The summed E-state index contributed by atoms with van der Waals surface area (Å²) < 4.78 is 7.92. The van der Waals surface area contributed by atoms with E-state index in [4.69, 9.17) is 9.72 Å². The molecule has 0 spiro atoms. The van der Waals surface area contributed by atoms with Gasteiger partial charge in [-0.05, 0) is 41.7 Å². The van der Waals surface area contributed by atoms with E-state index in [1.54, 1.807) is 0 Å². The first-order valence-corrected chi connectivity index (χ1v) is 10.6. The normalized spacial score (nSPS) is 12.9. The fourth-order valence-corrected chi connectivity index (χ4v) is 3.93. The number of aromatic nitrogens is 2. The monoisotopic (exact) mass is 391 g/mol. The van der Waals surface area contributed by atoms with Gasteiger partial charge >= 0.3 is 0 Å². The van der Waals surface area contributed by atoms with Crippen molar-refractivity contribution < 1.29 is 9.53 Å². The Kier molecular flexibility index (Phi) is 5.84. The Labute approximate surface area is 172 Å². The SMILES string of the molecule is CC(C)Cn1c(CCCNC(=O)Cc2ccc3c(c2)OCC3)nc2ccccc21. The molecule has 4 rings (SSSR count). The van der Waals surface area contributed by atoms with Crippen molar-refractivity contribution >= 4 is 16.9 Å². The molecule has 1 aliphatic heterocycles. The highest BCUT2D eigenvalue weighted by molar-refractivity contribution is 5.78. The van der Waals surface area contributed by atoms with Crippen molar-refractivity contribution in [2.75, 3.05) is 13.2 Å². The Morgan fingerprint density at radius 2 is 2.10 bits per heavy atom. The maximum atomic E-state index is 12.3. The maximum Gasteiger partial charge on any atom is 0.224 e. The van der Waals surface area contributed by atoms with Crippen LogP contribution in [0.5, 0.6) is 5.75 Å². The Morgan fingerprint density at radius 1 is 1.24 bits per heavy atom. The number of para-hydroxylation sites is 2. The van der Waals surface area contributed by atoms with Gasteiger partial charge in [-0.25, -0.2) is 4.98 Å². The predicted octanol–water partition coefficient (Wildman–Crippen LogP) is 3.92. The number of ether oxygens (including phenoxy) is 1. The van der Waals surface area contributed by atoms with Gasteiger partial charge in [0, 0.05) is 25.9 Å². The van der Waals surface area contributed by atoms with E-state index in [9.17, 15) is 4.79 Å².